The number of ether oxygens (including phenoxy) is 1. The predicted molar refractivity (Wildman–Crippen MR) is 77.0 cm³/mol. The van der Waals surface area contributed by atoms with E-state index in [1.54, 1.807) is 0 Å². The minimum atomic E-state index is 0.719. The Morgan fingerprint density at radius 2 is 1.72 bits per heavy atom. The molecule has 0 amide bonds. The molecule has 0 atom stereocenters. The van der Waals surface area contributed by atoms with Gasteiger partial charge in [-0.1, -0.05) is 26.0 Å². The van der Waals surface area contributed by atoms with Gasteiger partial charge in [-0.2, -0.15) is 0 Å². The van der Waals surface area contributed by atoms with Gasteiger partial charge in [-0.25, -0.2) is 0 Å². The molecule has 18 heavy (non-hydrogen) atoms. The lowest BCUT2D eigenvalue weighted by atomic mass is 10.2. The first-order valence-corrected chi connectivity index (χ1v) is 6.85. The molecule has 0 unspecified atom stereocenters. The summed E-state index contributed by atoms with van der Waals surface area (Å²) < 4.78 is 5.41. The van der Waals surface area contributed by atoms with Crippen LogP contribution in [0.2, 0.25) is 0 Å². The Kier molecular flexibility index (Phi) is 7.46. The van der Waals surface area contributed by atoms with Crippen LogP contribution in [0.25, 0.3) is 0 Å². The maximum atomic E-state index is 5.41. The zero-order valence-electron chi connectivity index (χ0n) is 11.8. The van der Waals surface area contributed by atoms with E-state index >= 15 is 0 Å². The largest absolute Gasteiger partial charge is 0.494 e. The molecule has 0 saturated heterocycles. The van der Waals surface area contributed by atoms with Gasteiger partial charge in [0.2, 0.25) is 0 Å². The van der Waals surface area contributed by atoms with E-state index in [-0.39, 0.29) is 0 Å². The lowest BCUT2D eigenvalue weighted by Gasteiger charge is -2.09. The molecule has 1 rings (SSSR count). The molecule has 0 saturated carbocycles. The van der Waals surface area contributed by atoms with Crippen LogP contribution in [0, 0.1) is 5.92 Å². The van der Waals surface area contributed by atoms with E-state index in [4.69, 9.17) is 4.74 Å². The summed E-state index contributed by atoms with van der Waals surface area (Å²) >= 11 is 0. The molecule has 1 aromatic carbocycles. The lowest BCUT2D eigenvalue weighted by Crippen LogP contribution is -2.29. The molecule has 0 aromatic heterocycles. The maximum absolute atomic E-state index is 5.41. The summed E-state index contributed by atoms with van der Waals surface area (Å²) in [7, 11) is 0. The minimum absolute atomic E-state index is 0.719. The third-order valence-electron chi connectivity index (χ3n) is 2.59. The van der Waals surface area contributed by atoms with Gasteiger partial charge in [-0.05, 0) is 37.1 Å². The standard InChI is InChI=1S/C15H26N2O/c1-4-18-15-7-5-14(6-8-15)12-17-10-9-16-11-13(2)3/h5-8,13,16-17H,4,9-12H2,1-3H3. The Morgan fingerprint density at radius 1 is 1.06 bits per heavy atom. The van der Waals surface area contributed by atoms with Crippen molar-refractivity contribution in [3.63, 3.8) is 0 Å². The van der Waals surface area contributed by atoms with Crippen LogP contribution in [-0.4, -0.2) is 26.2 Å². The number of rotatable bonds is 9. The first-order valence-electron chi connectivity index (χ1n) is 6.85. The van der Waals surface area contributed by atoms with Crippen LogP contribution in [0.15, 0.2) is 24.3 Å². The number of benzene rings is 1. The van der Waals surface area contributed by atoms with Crippen LogP contribution in [0.5, 0.6) is 5.75 Å². The number of nitrogens with one attached hydrogen (secondary N) is 2. The van der Waals surface area contributed by atoms with E-state index in [0.29, 0.717) is 0 Å². The molecule has 0 spiro atoms. The van der Waals surface area contributed by atoms with E-state index in [9.17, 15) is 0 Å². The fraction of sp³-hybridized carbons (Fsp3) is 0.600. The Labute approximate surface area is 111 Å². The van der Waals surface area contributed by atoms with Gasteiger partial charge in [-0.3, -0.25) is 0 Å². The number of hydrogen-bond donors (Lipinski definition) is 2. The van der Waals surface area contributed by atoms with Gasteiger partial charge >= 0.3 is 0 Å². The maximum Gasteiger partial charge on any atom is 0.119 e. The summed E-state index contributed by atoms with van der Waals surface area (Å²) in [6.07, 6.45) is 0. The van der Waals surface area contributed by atoms with Crippen LogP contribution in [0.4, 0.5) is 0 Å². The quantitative estimate of drug-likeness (QED) is 0.660. The van der Waals surface area contributed by atoms with Crippen molar-refractivity contribution in [1.82, 2.24) is 10.6 Å². The Morgan fingerprint density at radius 3 is 2.33 bits per heavy atom. The molecule has 2 N–H and O–H groups in total. The van der Waals surface area contributed by atoms with Gasteiger partial charge in [0.1, 0.15) is 5.75 Å². The van der Waals surface area contributed by atoms with Crippen molar-refractivity contribution in [3.05, 3.63) is 29.8 Å². The van der Waals surface area contributed by atoms with Crippen LogP contribution < -0.4 is 15.4 Å². The summed E-state index contributed by atoms with van der Waals surface area (Å²) in [6, 6.07) is 8.27. The van der Waals surface area contributed by atoms with Crippen molar-refractivity contribution < 1.29 is 4.74 Å². The van der Waals surface area contributed by atoms with Crippen molar-refractivity contribution in [2.75, 3.05) is 26.2 Å². The fourth-order valence-electron chi connectivity index (χ4n) is 1.67. The van der Waals surface area contributed by atoms with Gasteiger partial charge in [0.25, 0.3) is 0 Å². The van der Waals surface area contributed by atoms with Gasteiger partial charge in [0.05, 0.1) is 6.61 Å². The summed E-state index contributed by atoms with van der Waals surface area (Å²) in [5.74, 6) is 1.66. The smallest absolute Gasteiger partial charge is 0.119 e. The molecule has 0 radical (unpaired) electrons. The average Bonchev–Trinajstić information content (AvgIpc) is 2.35. The van der Waals surface area contributed by atoms with Crippen LogP contribution >= 0.6 is 0 Å². The molecule has 0 heterocycles. The Bertz CT molecular complexity index is 309. The molecule has 0 aliphatic carbocycles. The molecule has 0 bridgehead atoms. The summed E-state index contributed by atoms with van der Waals surface area (Å²) in [5, 5.41) is 6.84. The van der Waals surface area contributed by atoms with E-state index in [0.717, 1.165) is 44.5 Å². The highest BCUT2D eigenvalue weighted by Gasteiger charge is 1.95. The second kappa shape index (κ2) is 8.95. The van der Waals surface area contributed by atoms with Crippen molar-refractivity contribution in [2.24, 2.45) is 5.92 Å². The van der Waals surface area contributed by atoms with E-state index in [1.165, 1.54) is 5.56 Å². The third-order valence-corrected chi connectivity index (χ3v) is 2.59. The Balaban J connectivity index is 2.11. The van der Waals surface area contributed by atoms with Crippen molar-refractivity contribution >= 4 is 0 Å². The van der Waals surface area contributed by atoms with Crippen molar-refractivity contribution in [3.8, 4) is 5.75 Å². The lowest BCUT2D eigenvalue weighted by molar-refractivity contribution is 0.340. The normalized spacial score (nSPS) is 10.9. The molecule has 3 nitrogen and oxygen atoms in total. The minimum Gasteiger partial charge on any atom is -0.494 e. The monoisotopic (exact) mass is 250 g/mol. The summed E-state index contributed by atoms with van der Waals surface area (Å²) in [6.45, 7) is 11.2. The molecule has 1 aromatic rings. The van der Waals surface area contributed by atoms with Crippen LogP contribution in [-0.2, 0) is 6.54 Å². The first kappa shape index (κ1) is 15.0. The zero-order chi connectivity index (χ0) is 13.2. The van der Waals surface area contributed by atoms with Crippen molar-refractivity contribution in [2.45, 2.75) is 27.3 Å². The van der Waals surface area contributed by atoms with Gasteiger partial charge < -0.3 is 15.4 Å². The molecule has 102 valence electrons. The highest BCUT2D eigenvalue weighted by molar-refractivity contribution is 5.27. The predicted octanol–water partition coefficient (Wildman–Crippen LogP) is 2.42. The fourth-order valence-corrected chi connectivity index (χ4v) is 1.67. The van der Waals surface area contributed by atoms with E-state index < -0.39 is 0 Å². The molecular formula is C15H26N2O. The van der Waals surface area contributed by atoms with Crippen molar-refractivity contribution in [1.29, 1.82) is 0 Å². The second-order valence-corrected chi connectivity index (χ2v) is 4.85. The van der Waals surface area contributed by atoms with Gasteiger partial charge in [-0.15, -0.1) is 0 Å². The highest BCUT2D eigenvalue weighted by atomic mass is 16.5. The molecule has 0 aliphatic rings. The summed E-state index contributed by atoms with van der Waals surface area (Å²) in [5.41, 5.74) is 1.29. The molecule has 0 fully saturated rings. The summed E-state index contributed by atoms with van der Waals surface area (Å²) in [4.78, 5) is 0. The van der Waals surface area contributed by atoms with Crippen LogP contribution in [0.1, 0.15) is 26.3 Å². The van der Waals surface area contributed by atoms with E-state index in [2.05, 4.69) is 36.6 Å². The molecule has 3 heteroatoms. The highest BCUT2D eigenvalue weighted by Crippen LogP contribution is 2.11. The first-order chi connectivity index (χ1) is 8.72. The SMILES string of the molecule is CCOc1ccc(CNCCNCC(C)C)cc1. The second-order valence-electron chi connectivity index (χ2n) is 4.85. The number of hydrogen-bond acceptors (Lipinski definition) is 3. The topological polar surface area (TPSA) is 33.3 Å². The van der Waals surface area contributed by atoms with Gasteiger partial charge in [0, 0.05) is 19.6 Å². The molecule has 0 aliphatic heterocycles. The van der Waals surface area contributed by atoms with Gasteiger partial charge in [0.15, 0.2) is 0 Å². The zero-order valence-corrected chi connectivity index (χ0v) is 11.8. The Hall–Kier alpha value is -1.06. The average molecular weight is 250 g/mol. The van der Waals surface area contributed by atoms with Crippen LogP contribution in [0.3, 0.4) is 0 Å². The van der Waals surface area contributed by atoms with E-state index in [1.807, 2.05) is 19.1 Å². The third kappa shape index (κ3) is 6.62. The molecular weight excluding hydrogens is 224 g/mol.